The lowest BCUT2D eigenvalue weighted by atomic mass is 9.97. The highest BCUT2D eigenvalue weighted by atomic mass is 16.5. The lowest BCUT2D eigenvalue weighted by Gasteiger charge is -2.37. The second-order valence-electron chi connectivity index (χ2n) is 7.52. The Bertz CT molecular complexity index is 1140. The first-order valence-corrected chi connectivity index (χ1v) is 9.87. The number of nitrogens with zero attached hydrogens (tertiary/aromatic N) is 3. The molecule has 29 heavy (non-hydrogen) atoms. The van der Waals surface area contributed by atoms with E-state index < -0.39 is 0 Å². The van der Waals surface area contributed by atoms with Crippen molar-refractivity contribution in [2.75, 3.05) is 13.1 Å². The molecule has 0 unspecified atom stereocenters. The van der Waals surface area contributed by atoms with Gasteiger partial charge in [0.25, 0.3) is 0 Å². The molecule has 144 valence electrons. The van der Waals surface area contributed by atoms with Gasteiger partial charge in [-0.1, -0.05) is 78.0 Å². The van der Waals surface area contributed by atoms with Gasteiger partial charge in [0.1, 0.15) is 0 Å². The molecule has 0 aliphatic carbocycles. The number of hydrogen-bond acceptors (Lipinski definition) is 4. The standard InChI is InChI=1S/C24H21N3O2/c28-23(14-19-11-6-10-18-9-4-5-12-21(18)19)27-15-20(16-27)24-25-22(26-29-24)13-17-7-2-1-3-8-17/h1-12,20H,13-16H2. The van der Waals surface area contributed by atoms with Crippen LogP contribution in [0.2, 0.25) is 0 Å². The number of aromatic nitrogens is 2. The van der Waals surface area contributed by atoms with Crippen LogP contribution in [0.3, 0.4) is 0 Å². The van der Waals surface area contributed by atoms with Crippen LogP contribution >= 0.6 is 0 Å². The van der Waals surface area contributed by atoms with E-state index in [1.165, 1.54) is 0 Å². The number of carbonyl (C=O) groups is 1. The van der Waals surface area contributed by atoms with Gasteiger partial charge in [-0.2, -0.15) is 4.98 Å². The van der Waals surface area contributed by atoms with Crippen LogP contribution in [0.1, 0.15) is 28.8 Å². The summed E-state index contributed by atoms with van der Waals surface area (Å²) in [4.78, 5) is 19.1. The molecule has 1 aliphatic rings. The van der Waals surface area contributed by atoms with Crippen LogP contribution in [0, 0.1) is 0 Å². The Morgan fingerprint density at radius 2 is 1.72 bits per heavy atom. The zero-order chi connectivity index (χ0) is 19.6. The minimum Gasteiger partial charge on any atom is -0.341 e. The van der Waals surface area contributed by atoms with Crippen LogP contribution < -0.4 is 0 Å². The van der Waals surface area contributed by atoms with E-state index in [4.69, 9.17) is 4.52 Å². The molecular weight excluding hydrogens is 362 g/mol. The van der Waals surface area contributed by atoms with Crippen LogP contribution in [0.4, 0.5) is 0 Å². The lowest BCUT2D eigenvalue weighted by molar-refractivity contribution is -0.135. The molecule has 4 aromatic rings. The van der Waals surface area contributed by atoms with E-state index in [0.717, 1.165) is 21.9 Å². The summed E-state index contributed by atoms with van der Waals surface area (Å²) in [6, 6.07) is 24.4. The Morgan fingerprint density at radius 1 is 0.966 bits per heavy atom. The minimum absolute atomic E-state index is 0.128. The predicted octanol–water partition coefficient (Wildman–Crippen LogP) is 3.98. The van der Waals surface area contributed by atoms with Gasteiger partial charge in [-0.05, 0) is 21.9 Å². The molecule has 5 heteroatoms. The zero-order valence-corrected chi connectivity index (χ0v) is 16.0. The molecular formula is C24H21N3O2. The Kier molecular flexibility index (Phi) is 4.56. The van der Waals surface area contributed by atoms with Crippen molar-refractivity contribution in [1.29, 1.82) is 0 Å². The molecule has 0 N–H and O–H groups in total. The van der Waals surface area contributed by atoms with Crippen molar-refractivity contribution in [1.82, 2.24) is 15.0 Å². The third kappa shape index (κ3) is 3.63. The first-order valence-electron chi connectivity index (χ1n) is 9.87. The van der Waals surface area contributed by atoms with Crippen molar-refractivity contribution < 1.29 is 9.32 Å². The summed E-state index contributed by atoms with van der Waals surface area (Å²) in [5.41, 5.74) is 2.22. The lowest BCUT2D eigenvalue weighted by Crippen LogP contribution is -2.49. The van der Waals surface area contributed by atoms with Gasteiger partial charge in [-0.15, -0.1) is 0 Å². The van der Waals surface area contributed by atoms with Crippen LogP contribution in [0.25, 0.3) is 10.8 Å². The zero-order valence-electron chi connectivity index (χ0n) is 16.0. The van der Waals surface area contributed by atoms with E-state index in [9.17, 15) is 4.79 Å². The highest BCUT2D eigenvalue weighted by molar-refractivity contribution is 5.90. The van der Waals surface area contributed by atoms with Crippen LogP contribution in [0.15, 0.2) is 77.3 Å². The van der Waals surface area contributed by atoms with E-state index in [2.05, 4.69) is 28.3 Å². The summed E-state index contributed by atoms with van der Waals surface area (Å²) >= 11 is 0. The number of likely N-dealkylation sites (tertiary alicyclic amines) is 1. The van der Waals surface area contributed by atoms with E-state index in [1.807, 2.05) is 59.5 Å². The fourth-order valence-corrected chi connectivity index (χ4v) is 3.84. The largest absolute Gasteiger partial charge is 0.341 e. The highest BCUT2D eigenvalue weighted by Gasteiger charge is 2.35. The fraction of sp³-hybridized carbons (Fsp3) is 0.208. The summed E-state index contributed by atoms with van der Waals surface area (Å²) < 4.78 is 5.45. The van der Waals surface area contributed by atoms with Gasteiger partial charge < -0.3 is 9.42 Å². The van der Waals surface area contributed by atoms with Crippen molar-refractivity contribution in [3.05, 3.63) is 95.6 Å². The monoisotopic (exact) mass is 383 g/mol. The number of hydrogen-bond donors (Lipinski definition) is 0. The van der Waals surface area contributed by atoms with Crippen molar-refractivity contribution in [3.8, 4) is 0 Å². The second kappa shape index (κ2) is 7.51. The van der Waals surface area contributed by atoms with Crippen LogP contribution in [0.5, 0.6) is 0 Å². The van der Waals surface area contributed by atoms with E-state index >= 15 is 0 Å². The van der Waals surface area contributed by atoms with Crippen LogP contribution in [-0.4, -0.2) is 34.0 Å². The van der Waals surface area contributed by atoms with Gasteiger partial charge in [0, 0.05) is 19.5 Å². The maximum Gasteiger partial charge on any atom is 0.233 e. The normalized spacial score (nSPS) is 14.1. The van der Waals surface area contributed by atoms with Gasteiger partial charge in [0.2, 0.25) is 11.8 Å². The predicted molar refractivity (Wildman–Crippen MR) is 111 cm³/mol. The Hall–Kier alpha value is -3.47. The summed E-state index contributed by atoms with van der Waals surface area (Å²) in [7, 11) is 0. The van der Waals surface area contributed by atoms with E-state index in [1.54, 1.807) is 0 Å². The highest BCUT2D eigenvalue weighted by Crippen LogP contribution is 2.27. The molecule has 1 aromatic heterocycles. The number of amides is 1. The molecule has 0 spiro atoms. The average Bonchev–Trinajstić information content (AvgIpc) is 3.16. The molecule has 1 fully saturated rings. The fourth-order valence-electron chi connectivity index (χ4n) is 3.84. The molecule has 5 rings (SSSR count). The summed E-state index contributed by atoms with van der Waals surface area (Å²) in [5.74, 6) is 1.59. The maximum absolute atomic E-state index is 12.7. The number of benzene rings is 3. The molecule has 1 aliphatic heterocycles. The summed E-state index contributed by atoms with van der Waals surface area (Å²) in [6.07, 6.45) is 1.07. The molecule has 0 bridgehead atoms. The number of fused-ring (bicyclic) bond motifs is 1. The topological polar surface area (TPSA) is 59.2 Å². The quantitative estimate of drug-likeness (QED) is 0.523. The van der Waals surface area contributed by atoms with E-state index in [0.29, 0.717) is 37.6 Å². The third-order valence-corrected chi connectivity index (χ3v) is 5.49. The molecule has 0 saturated carbocycles. The maximum atomic E-state index is 12.7. The third-order valence-electron chi connectivity index (χ3n) is 5.49. The van der Waals surface area contributed by atoms with Gasteiger partial charge in [0.15, 0.2) is 5.82 Å². The Balaban J connectivity index is 1.20. The first kappa shape index (κ1) is 17.6. The molecule has 5 nitrogen and oxygen atoms in total. The van der Waals surface area contributed by atoms with E-state index in [-0.39, 0.29) is 11.8 Å². The Labute approximate surface area is 169 Å². The van der Waals surface area contributed by atoms with Gasteiger partial charge in [-0.3, -0.25) is 4.79 Å². The molecule has 1 amide bonds. The minimum atomic E-state index is 0.128. The molecule has 2 heterocycles. The van der Waals surface area contributed by atoms with Crippen molar-refractivity contribution in [2.45, 2.75) is 18.8 Å². The molecule has 1 saturated heterocycles. The number of carbonyl (C=O) groups excluding carboxylic acids is 1. The van der Waals surface area contributed by atoms with Crippen molar-refractivity contribution >= 4 is 16.7 Å². The molecule has 3 aromatic carbocycles. The Morgan fingerprint density at radius 3 is 2.59 bits per heavy atom. The smallest absolute Gasteiger partial charge is 0.233 e. The van der Waals surface area contributed by atoms with Crippen LogP contribution in [-0.2, 0) is 17.6 Å². The van der Waals surface area contributed by atoms with Gasteiger partial charge in [0.05, 0.1) is 12.3 Å². The summed E-state index contributed by atoms with van der Waals surface area (Å²) in [6.45, 7) is 1.27. The number of rotatable bonds is 5. The second-order valence-corrected chi connectivity index (χ2v) is 7.52. The van der Waals surface area contributed by atoms with Gasteiger partial charge >= 0.3 is 0 Å². The average molecular weight is 383 g/mol. The first-order chi connectivity index (χ1) is 14.3. The van der Waals surface area contributed by atoms with Crippen molar-refractivity contribution in [2.24, 2.45) is 0 Å². The molecule has 0 radical (unpaired) electrons. The SMILES string of the molecule is O=C(Cc1cccc2ccccc12)N1CC(c2nc(Cc3ccccc3)no2)C1. The molecule has 0 atom stereocenters. The van der Waals surface area contributed by atoms with Crippen molar-refractivity contribution in [3.63, 3.8) is 0 Å². The van der Waals surface area contributed by atoms with Gasteiger partial charge in [-0.25, -0.2) is 0 Å². The summed E-state index contributed by atoms with van der Waals surface area (Å²) in [5, 5.41) is 6.40.